The topological polar surface area (TPSA) is 59.2 Å². The number of nitrogens with two attached hydrogens (primary N) is 1. The molecule has 1 aromatic carbocycles. The third-order valence-corrected chi connectivity index (χ3v) is 4.08. The molecule has 0 spiro atoms. The second-order valence-electron chi connectivity index (χ2n) is 5.24. The van der Waals surface area contributed by atoms with Gasteiger partial charge in [-0.25, -0.2) is 4.98 Å². The predicted molar refractivity (Wildman–Crippen MR) is 83.4 cm³/mol. The summed E-state index contributed by atoms with van der Waals surface area (Å²) < 4.78 is 0. The molecule has 0 aliphatic carbocycles. The molecule has 1 saturated heterocycles. The number of hydrogen-bond acceptors (Lipinski definition) is 3. The van der Waals surface area contributed by atoms with Gasteiger partial charge in [-0.2, -0.15) is 0 Å². The molecule has 1 unspecified atom stereocenters. The lowest BCUT2D eigenvalue weighted by Crippen LogP contribution is -2.29. The number of aromatic nitrogens is 1. The van der Waals surface area contributed by atoms with Gasteiger partial charge in [-0.05, 0) is 18.1 Å². The first-order valence-electron chi connectivity index (χ1n) is 6.90. The summed E-state index contributed by atoms with van der Waals surface area (Å²) in [6, 6.07) is 11.8. The minimum Gasteiger partial charge on any atom is -0.397 e. The van der Waals surface area contributed by atoms with Crippen molar-refractivity contribution < 1.29 is 4.79 Å². The third-order valence-electron chi connectivity index (χ3n) is 3.88. The van der Waals surface area contributed by atoms with E-state index in [0.717, 1.165) is 13.0 Å². The molecule has 2 N–H and O–H groups in total. The molecule has 2 aromatic rings. The van der Waals surface area contributed by atoms with E-state index in [9.17, 15) is 4.79 Å². The number of likely N-dealkylation sites (tertiary alicyclic amines) is 1. The van der Waals surface area contributed by atoms with E-state index in [2.05, 4.69) is 17.1 Å². The number of halogens is 1. The highest BCUT2D eigenvalue weighted by molar-refractivity contribution is 6.29. The standard InChI is InChI=1S/C16H16ClN3O/c17-15-8-13(14(18)9-19-15)16(21)20-7-6-12(10-20)11-4-2-1-3-5-11/h1-5,8-9,12H,6-7,10,18H2. The maximum absolute atomic E-state index is 12.6. The van der Waals surface area contributed by atoms with Crippen LogP contribution in [-0.4, -0.2) is 28.9 Å². The van der Waals surface area contributed by atoms with Crippen LogP contribution in [0.5, 0.6) is 0 Å². The molecular formula is C16H16ClN3O. The van der Waals surface area contributed by atoms with Gasteiger partial charge in [0.25, 0.3) is 5.91 Å². The summed E-state index contributed by atoms with van der Waals surface area (Å²) in [6.07, 6.45) is 2.40. The fraction of sp³-hybridized carbons (Fsp3) is 0.250. The van der Waals surface area contributed by atoms with Gasteiger partial charge in [0.1, 0.15) is 5.15 Å². The van der Waals surface area contributed by atoms with Crippen molar-refractivity contribution in [3.8, 4) is 0 Å². The van der Waals surface area contributed by atoms with E-state index in [0.29, 0.717) is 23.7 Å². The molecule has 1 atom stereocenters. The summed E-state index contributed by atoms with van der Waals surface area (Å²) in [6.45, 7) is 1.44. The predicted octanol–water partition coefficient (Wildman–Crippen LogP) is 2.95. The SMILES string of the molecule is Nc1cnc(Cl)cc1C(=O)N1CCC(c2ccccc2)C1. The molecule has 1 amide bonds. The lowest BCUT2D eigenvalue weighted by molar-refractivity contribution is 0.0791. The molecule has 5 heteroatoms. The number of nitrogens with zero attached hydrogens (tertiary/aromatic N) is 2. The molecule has 0 saturated carbocycles. The Morgan fingerprint density at radius 3 is 2.86 bits per heavy atom. The maximum atomic E-state index is 12.6. The van der Waals surface area contributed by atoms with Crippen LogP contribution in [0, 0.1) is 0 Å². The molecule has 3 rings (SSSR count). The van der Waals surface area contributed by atoms with Crippen molar-refractivity contribution in [3.63, 3.8) is 0 Å². The lowest BCUT2D eigenvalue weighted by Gasteiger charge is -2.17. The van der Waals surface area contributed by atoms with Gasteiger partial charge in [0, 0.05) is 19.0 Å². The van der Waals surface area contributed by atoms with Crippen molar-refractivity contribution in [2.45, 2.75) is 12.3 Å². The van der Waals surface area contributed by atoms with Gasteiger partial charge in [0.05, 0.1) is 17.4 Å². The summed E-state index contributed by atoms with van der Waals surface area (Å²) >= 11 is 5.85. The van der Waals surface area contributed by atoms with Gasteiger partial charge in [0.2, 0.25) is 0 Å². The van der Waals surface area contributed by atoms with Crippen molar-refractivity contribution >= 4 is 23.2 Å². The zero-order valence-corrected chi connectivity index (χ0v) is 12.3. The van der Waals surface area contributed by atoms with Gasteiger partial charge in [-0.15, -0.1) is 0 Å². The molecule has 1 fully saturated rings. The van der Waals surface area contributed by atoms with E-state index in [4.69, 9.17) is 17.3 Å². The number of pyridine rings is 1. The fourth-order valence-electron chi connectivity index (χ4n) is 2.74. The minimum atomic E-state index is -0.0739. The summed E-state index contributed by atoms with van der Waals surface area (Å²) in [4.78, 5) is 18.3. The Bertz CT molecular complexity index is 660. The van der Waals surface area contributed by atoms with Gasteiger partial charge in [-0.1, -0.05) is 41.9 Å². The van der Waals surface area contributed by atoms with Crippen molar-refractivity contribution in [1.82, 2.24) is 9.88 Å². The van der Waals surface area contributed by atoms with E-state index >= 15 is 0 Å². The molecule has 0 radical (unpaired) electrons. The number of hydrogen-bond donors (Lipinski definition) is 1. The number of rotatable bonds is 2. The Morgan fingerprint density at radius 2 is 2.10 bits per heavy atom. The summed E-state index contributed by atoms with van der Waals surface area (Å²) in [5, 5.41) is 0.284. The number of carbonyl (C=O) groups excluding carboxylic acids is 1. The molecule has 1 aliphatic heterocycles. The van der Waals surface area contributed by atoms with Crippen molar-refractivity contribution in [3.05, 3.63) is 58.9 Å². The number of carbonyl (C=O) groups is 1. The van der Waals surface area contributed by atoms with Crippen LogP contribution >= 0.6 is 11.6 Å². The second-order valence-corrected chi connectivity index (χ2v) is 5.63. The van der Waals surface area contributed by atoms with Gasteiger partial charge in [-0.3, -0.25) is 4.79 Å². The van der Waals surface area contributed by atoms with Crippen molar-refractivity contribution in [1.29, 1.82) is 0 Å². The van der Waals surface area contributed by atoms with Gasteiger partial charge >= 0.3 is 0 Å². The normalized spacial score (nSPS) is 18.0. The Balaban J connectivity index is 1.77. The largest absolute Gasteiger partial charge is 0.397 e. The van der Waals surface area contributed by atoms with E-state index in [-0.39, 0.29) is 11.1 Å². The van der Waals surface area contributed by atoms with Crippen molar-refractivity contribution in [2.75, 3.05) is 18.8 Å². The van der Waals surface area contributed by atoms with Crippen LogP contribution in [0.25, 0.3) is 0 Å². The molecule has 1 aliphatic rings. The zero-order chi connectivity index (χ0) is 14.8. The number of nitrogen functional groups attached to an aromatic ring is 1. The Hall–Kier alpha value is -2.07. The average Bonchev–Trinajstić information content (AvgIpc) is 3.00. The van der Waals surface area contributed by atoms with Crippen LogP contribution < -0.4 is 5.73 Å². The van der Waals surface area contributed by atoms with E-state index in [1.807, 2.05) is 23.1 Å². The first-order chi connectivity index (χ1) is 10.1. The number of amides is 1. The van der Waals surface area contributed by atoms with Crippen LogP contribution in [0.4, 0.5) is 5.69 Å². The van der Waals surface area contributed by atoms with Crippen LogP contribution in [0.3, 0.4) is 0 Å². The van der Waals surface area contributed by atoms with E-state index in [1.54, 1.807) is 0 Å². The Kier molecular flexibility index (Phi) is 3.80. The Morgan fingerprint density at radius 1 is 1.33 bits per heavy atom. The highest BCUT2D eigenvalue weighted by Gasteiger charge is 2.28. The van der Waals surface area contributed by atoms with Crippen LogP contribution in [-0.2, 0) is 0 Å². The number of anilines is 1. The fourth-order valence-corrected chi connectivity index (χ4v) is 2.90. The smallest absolute Gasteiger partial charge is 0.256 e. The van der Waals surface area contributed by atoms with Crippen LogP contribution in [0.15, 0.2) is 42.6 Å². The minimum absolute atomic E-state index is 0.0739. The van der Waals surface area contributed by atoms with Crippen LogP contribution in [0.2, 0.25) is 5.15 Å². The van der Waals surface area contributed by atoms with Crippen LogP contribution in [0.1, 0.15) is 28.3 Å². The molecule has 0 bridgehead atoms. The second kappa shape index (κ2) is 5.74. The zero-order valence-electron chi connectivity index (χ0n) is 11.5. The highest BCUT2D eigenvalue weighted by atomic mass is 35.5. The molecule has 21 heavy (non-hydrogen) atoms. The first kappa shape index (κ1) is 13.9. The van der Waals surface area contributed by atoms with E-state index < -0.39 is 0 Å². The van der Waals surface area contributed by atoms with Gasteiger partial charge in [0.15, 0.2) is 0 Å². The molecule has 108 valence electrons. The molecule has 4 nitrogen and oxygen atoms in total. The summed E-state index contributed by atoms with van der Waals surface area (Å²) in [5.74, 6) is 0.309. The van der Waals surface area contributed by atoms with Gasteiger partial charge < -0.3 is 10.6 Å². The quantitative estimate of drug-likeness (QED) is 0.868. The number of benzene rings is 1. The molecular weight excluding hydrogens is 286 g/mol. The molecule has 1 aromatic heterocycles. The molecule has 2 heterocycles. The van der Waals surface area contributed by atoms with E-state index in [1.165, 1.54) is 17.8 Å². The first-order valence-corrected chi connectivity index (χ1v) is 7.28. The summed E-state index contributed by atoms with van der Waals surface area (Å²) in [7, 11) is 0. The highest BCUT2D eigenvalue weighted by Crippen LogP contribution is 2.29. The Labute approximate surface area is 128 Å². The lowest BCUT2D eigenvalue weighted by atomic mass is 9.99. The monoisotopic (exact) mass is 301 g/mol. The summed E-state index contributed by atoms with van der Waals surface area (Å²) in [5.41, 5.74) is 7.91. The maximum Gasteiger partial charge on any atom is 0.256 e. The average molecular weight is 302 g/mol. The third kappa shape index (κ3) is 2.85. The van der Waals surface area contributed by atoms with Crippen molar-refractivity contribution in [2.24, 2.45) is 0 Å².